The number of carbonyl (C=O) groups is 1. The van der Waals surface area contributed by atoms with Crippen molar-refractivity contribution in [2.75, 3.05) is 6.61 Å². The Bertz CT molecular complexity index is 608. The van der Waals surface area contributed by atoms with E-state index < -0.39 is 5.97 Å². The number of hydrogen-bond acceptors (Lipinski definition) is 3. The molecular weight excluding hydrogens is 316 g/mol. The quantitative estimate of drug-likeness (QED) is 0.690. The number of hydrogen-bond donors (Lipinski definition) is 1. The van der Waals surface area contributed by atoms with Gasteiger partial charge >= 0.3 is 5.97 Å². The van der Waals surface area contributed by atoms with E-state index in [4.69, 9.17) is 14.6 Å². The van der Waals surface area contributed by atoms with Gasteiger partial charge in [-0.3, -0.25) is 4.79 Å². The lowest BCUT2D eigenvalue weighted by Crippen LogP contribution is -2.30. The summed E-state index contributed by atoms with van der Waals surface area (Å²) in [6.07, 6.45) is 11.5. The molecule has 0 radical (unpaired) electrons. The first-order chi connectivity index (χ1) is 12.2. The maximum Gasteiger partial charge on any atom is 0.307 e. The van der Waals surface area contributed by atoms with Crippen LogP contribution in [0.25, 0.3) is 0 Å². The predicted molar refractivity (Wildman–Crippen MR) is 96.1 cm³/mol. The van der Waals surface area contributed by atoms with Gasteiger partial charge in [0.05, 0.1) is 31.8 Å². The van der Waals surface area contributed by atoms with Gasteiger partial charge in [-0.25, -0.2) is 0 Å². The summed E-state index contributed by atoms with van der Waals surface area (Å²) in [6, 6.07) is 10.2. The van der Waals surface area contributed by atoms with Crippen molar-refractivity contribution >= 4 is 5.97 Å². The Morgan fingerprint density at radius 3 is 2.60 bits per heavy atom. The molecule has 2 fully saturated rings. The van der Waals surface area contributed by atoms with Crippen molar-refractivity contribution in [3.05, 3.63) is 60.2 Å². The first-order valence-corrected chi connectivity index (χ1v) is 9.04. The van der Waals surface area contributed by atoms with Crippen LogP contribution in [0, 0.1) is 11.8 Å². The van der Waals surface area contributed by atoms with Crippen LogP contribution < -0.4 is 0 Å². The fourth-order valence-electron chi connectivity index (χ4n) is 3.88. The predicted octanol–water partition coefficient (Wildman–Crippen LogP) is 3.97. The summed E-state index contributed by atoms with van der Waals surface area (Å²) in [4.78, 5) is 10.5. The van der Waals surface area contributed by atoms with Gasteiger partial charge in [-0.05, 0) is 30.7 Å². The van der Waals surface area contributed by atoms with Gasteiger partial charge in [0.25, 0.3) is 0 Å². The second-order valence-corrected chi connectivity index (χ2v) is 6.81. The molecule has 0 spiro atoms. The number of carboxylic acid groups (broad SMARTS) is 1. The van der Waals surface area contributed by atoms with Gasteiger partial charge < -0.3 is 14.6 Å². The third kappa shape index (κ3) is 5.03. The van der Waals surface area contributed by atoms with Crippen LogP contribution in [0.15, 0.2) is 54.6 Å². The van der Waals surface area contributed by atoms with Crippen molar-refractivity contribution in [2.45, 2.75) is 44.5 Å². The van der Waals surface area contributed by atoms with E-state index in [0.29, 0.717) is 30.7 Å². The van der Waals surface area contributed by atoms with Gasteiger partial charge in [0.2, 0.25) is 0 Å². The van der Waals surface area contributed by atoms with Crippen molar-refractivity contribution in [1.82, 2.24) is 0 Å². The number of aliphatic carboxylic acids is 1. The smallest absolute Gasteiger partial charge is 0.307 e. The molecule has 1 aromatic carbocycles. The molecule has 2 heterocycles. The normalized spacial score (nSPS) is 28.3. The molecule has 2 aliphatic rings. The zero-order valence-electron chi connectivity index (χ0n) is 14.4. The van der Waals surface area contributed by atoms with Gasteiger partial charge in [-0.1, -0.05) is 54.6 Å². The Hall–Kier alpha value is -1.91. The summed E-state index contributed by atoms with van der Waals surface area (Å²) in [7, 11) is 0. The highest BCUT2D eigenvalue weighted by Gasteiger charge is 2.48. The van der Waals surface area contributed by atoms with Crippen LogP contribution in [-0.4, -0.2) is 29.9 Å². The van der Waals surface area contributed by atoms with E-state index in [1.807, 2.05) is 30.4 Å². The largest absolute Gasteiger partial charge is 0.481 e. The van der Waals surface area contributed by atoms with Gasteiger partial charge in [0.1, 0.15) is 0 Å². The maximum absolute atomic E-state index is 10.5. The van der Waals surface area contributed by atoms with Crippen LogP contribution in [-0.2, 0) is 20.9 Å². The second kappa shape index (κ2) is 8.97. The summed E-state index contributed by atoms with van der Waals surface area (Å²) in [5, 5.41) is 8.61. The molecule has 2 saturated heterocycles. The van der Waals surface area contributed by atoms with E-state index in [9.17, 15) is 4.79 Å². The minimum atomic E-state index is -0.804. The molecule has 134 valence electrons. The van der Waals surface area contributed by atoms with Gasteiger partial charge in [-0.2, -0.15) is 0 Å². The van der Waals surface area contributed by atoms with E-state index in [1.165, 1.54) is 5.56 Å². The highest BCUT2D eigenvalue weighted by molar-refractivity contribution is 5.68. The standard InChI is InChI=1S/C21H26O4/c22-21(23)11-7-2-1-6-10-17-18(20-13-12-19(17)25-20)15-24-14-16-8-4-3-5-9-16/h1-9,17-20H,10-15H2,(H,22,23)/b6-1-,7-2?/t17-,18+,19-,20+/m0/s1. The molecule has 2 bridgehead atoms. The van der Waals surface area contributed by atoms with E-state index >= 15 is 0 Å². The van der Waals surface area contributed by atoms with Crippen molar-refractivity contribution in [3.63, 3.8) is 0 Å². The zero-order valence-corrected chi connectivity index (χ0v) is 14.4. The van der Waals surface area contributed by atoms with Crippen molar-refractivity contribution in [1.29, 1.82) is 0 Å². The Balaban J connectivity index is 1.47. The molecule has 1 aromatic rings. The second-order valence-electron chi connectivity index (χ2n) is 6.81. The zero-order chi connectivity index (χ0) is 17.5. The molecule has 4 atom stereocenters. The lowest BCUT2D eigenvalue weighted by atomic mass is 9.78. The minimum Gasteiger partial charge on any atom is -0.481 e. The van der Waals surface area contributed by atoms with Gasteiger partial charge in [-0.15, -0.1) is 0 Å². The van der Waals surface area contributed by atoms with Crippen LogP contribution in [0.3, 0.4) is 0 Å². The molecular formula is C21H26O4. The molecule has 25 heavy (non-hydrogen) atoms. The number of ether oxygens (including phenoxy) is 2. The highest BCUT2D eigenvalue weighted by atomic mass is 16.5. The van der Waals surface area contributed by atoms with Crippen molar-refractivity contribution in [3.8, 4) is 0 Å². The minimum absolute atomic E-state index is 0.0670. The van der Waals surface area contributed by atoms with Crippen LogP contribution >= 0.6 is 0 Å². The summed E-state index contributed by atoms with van der Waals surface area (Å²) in [6.45, 7) is 1.39. The molecule has 0 aromatic heterocycles. The van der Waals surface area contributed by atoms with Gasteiger partial charge in [0, 0.05) is 5.92 Å². The molecule has 4 heteroatoms. The average Bonchev–Trinajstić information content (AvgIpc) is 3.21. The Morgan fingerprint density at radius 2 is 1.84 bits per heavy atom. The molecule has 3 rings (SSSR count). The summed E-state index contributed by atoms with van der Waals surface area (Å²) in [5.41, 5.74) is 1.20. The van der Waals surface area contributed by atoms with E-state index in [-0.39, 0.29) is 6.42 Å². The SMILES string of the molecule is O=C(O)CC=C/C=C\C[C@H]1[C@@H](COCc2ccccc2)[C@H]2CC[C@@H]1O2. The molecule has 0 unspecified atom stereocenters. The van der Waals surface area contributed by atoms with E-state index in [0.717, 1.165) is 25.9 Å². The molecule has 0 saturated carbocycles. The molecule has 1 N–H and O–H groups in total. The summed E-state index contributed by atoms with van der Waals surface area (Å²) in [5.74, 6) is 0.149. The Morgan fingerprint density at radius 1 is 1.12 bits per heavy atom. The van der Waals surface area contributed by atoms with E-state index in [2.05, 4.69) is 18.2 Å². The fourth-order valence-corrected chi connectivity index (χ4v) is 3.88. The first kappa shape index (κ1) is 17.9. The van der Waals surface area contributed by atoms with E-state index in [1.54, 1.807) is 6.08 Å². The topological polar surface area (TPSA) is 55.8 Å². The number of allylic oxidation sites excluding steroid dienone is 3. The lowest BCUT2D eigenvalue weighted by Gasteiger charge is -2.27. The van der Waals surface area contributed by atoms with Crippen molar-refractivity contribution < 1.29 is 19.4 Å². The first-order valence-electron chi connectivity index (χ1n) is 9.04. The van der Waals surface area contributed by atoms with Crippen LogP contribution in [0.5, 0.6) is 0 Å². The molecule has 0 aliphatic carbocycles. The molecule has 2 aliphatic heterocycles. The lowest BCUT2D eigenvalue weighted by molar-refractivity contribution is -0.136. The van der Waals surface area contributed by atoms with Crippen molar-refractivity contribution in [2.24, 2.45) is 11.8 Å². The van der Waals surface area contributed by atoms with Crippen LogP contribution in [0.4, 0.5) is 0 Å². The van der Waals surface area contributed by atoms with Gasteiger partial charge in [0.15, 0.2) is 0 Å². The Labute approximate surface area is 149 Å². The number of benzene rings is 1. The number of carboxylic acids is 1. The third-order valence-corrected chi connectivity index (χ3v) is 5.10. The maximum atomic E-state index is 10.5. The van der Waals surface area contributed by atoms with Crippen LogP contribution in [0.2, 0.25) is 0 Å². The molecule has 4 nitrogen and oxygen atoms in total. The summed E-state index contributed by atoms with van der Waals surface area (Å²) < 4.78 is 12.1. The number of fused-ring (bicyclic) bond motifs is 2. The fraction of sp³-hybridized carbons (Fsp3) is 0.476. The average molecular weight is 342 g/mol. The third-order valence-electron chi connectivity index (χ3n) is 5.10. The summed E-state index contributed by atoms with van der Waals surface area (Å²) >= 11 is 0. The Kier molecular flexibility index (Phi) is 6.42. The highest BCUT2D eigenvalue weighted by Crippen LogP contribution is 2.45. The van der Waals surface area contributed by atoms with Crippen LogP contribution in [0.1, 0.15) is 31.2 Å². The monoisotopic (exact) mass is 342 g/mol. The number of rotatable bonds is 9. The molecule has 0 amide bonds.